The van der Waals surface area contributed by atoms with Crippen molar-refractivity contribution in [1.82, 2.24) is 5.32 Å². The van der Waals surface area contributed by atoms with Crippen LogP contribution in [0, 0.1) is 0 Å². The van der Waals surface area contributed by atoms with Crippen LogP contribution in [0.1, 0.15) is 6.42 Å². The lowest BCUT2D eigenvalue weighted by Crippen LogP contribution is -2.50. The lowest BCUT2D eigenvalue weighted by atomic mass is 10.1. The van der Waals surface area contributed by atoms with Gasteiger partial charge in [-0.25, -0.2) is 0 Å². The number of nitrogens with zero attached hydrogens (tertiary/aromatic N) is 2. The van der Waals surface area contributed by atoms with Crippen molar-refractivity contribution in [2.24, 2.45) is 0 Å². The maximum Gasteiger partial charge on any atom is 0.262 e. The molecule has 2 aromatic rings. The van der Waals surface area contributed by atoms with Gasteiger partial charge in [-0.15, -0.1) is 11.8 Å². The Labute approximate surface area is 173 Å². The molecule has 3 amide bonds. The number of carbonyl (C=O) groups is 3. The Hall–Kier alpha value is -3.00. The number of amides is 3. The van der Waals surface area contributed by atoms with Gasteiger partial charge in [0.1, 0.15) is 5.75 Å². The molecule has 29 heavy (non-hydrogen) atoms. The van der Waals surface area contributed by atoms with Gasteiger partial charge in [0, 0.05) is 24.9 Å². The quantitative estimate of drug-likeness (QED) is 0.833. The zero-order valence-corrected chi connectivity index (χ0v) is 16.8. The summed E-state index contributed by atoms with van der Waals surface area (Å²) in [6.07, 6.45) is -0.618. The smallest absolute Gasteiger partial charge is 0.262 e. The molecule has 0 saturated heterocycles. The molecule has 0 aliphatic carbocycles. The Morgan fingerprint density at radius 1 is 1.14 bits per heavy atom. The second-order valence-electron chi connectivity index (χ2n) is 6.74. The van der Waals surface area contributed by atoms with Crippen molar-refractivity contribution < 1.29 is 19.1 Å². The molecular formula is C21H21N3O4S. The zero-order chi connectivity index (χ0) is 20.4. The molecule has 1 N–H and O–H groups in total. The maximum atomic E-state index is 13.1. The van der Waals surface area contributed by atoms with E-state index in [1.807, 2.05) is 30.3 Å². The molecule has 1 unspecified atom stereocenters. The Morgan fingerprint density at radius 3 is 2.66 bits per heavy atom. The molecule has 2 aromatic carbocycles. The van der Waals surface area contributed by atoms with Crippen LogP contribution in [0.4, 0.5) is 11.4 Å². The van der Waals surface area contributed by atoms with E-state index in [1.54, 1.807) is 28.0 Å². The van der Waals surface area contributed by atoms with Crippen molar-refractivity contribution in [2.75, 3.05) is 35.7 Å². The number of thioether (sulfide) groups is 1. The molecule has 150 valence electrons. The summed E-state index contributed by atoms with van der Waals surface area (Å²) in [6, 6.07) is 14.9. The third kappa shape index (κ3) is 3.80. The molecule has 0 spiro atoms. The zero-order valence-electron chi connectivity index (χ0n) is 16.0. The van der Waals surface area contributed by atoms with E-state index in [0.29, 0.717) is 23.7 Å². The summed E-state index contributed by atoms with van der Waals surface area (Å²) < 4.78 is 5.75. The van der Waals surface area contributed by atoms with Gasteiger partial charge in [0.25, 0.3) is 5.91 Å². The summed E-state index contributed by atoms with van der Waals surface area (Å²) in [5.74, 6) is 0.417. The second-order valence-corrected chi connectivity index (χ2v) is 7.76. The number of nitrogens with one attached hydrogen (secondary N) is 1. The van der Waals surface area contributed by atoms with Gasteiger partial charge >= 0.3 is 0 Å². The largest absolute Gasteiger partial charge is 0.477 e. The van der Waals surface area contributed by atoms with E-state index in [4.69, 9.17) is 4.74 Å². The monoisotopic (exact) mass is 411 g/mol. The molecule has 8 heteroatoms. The minimum atomic E-state index is -0.771. The van der Waals surface area contributed by atoms with Crippen LogP contribution in [0.5, 0.6) is 5.75 Å². The minimum Gasteiger partial charge on any atom is -0.477 e. The van der Waals surface area contributed by atoms with Crippen LogP contribution >= 0.6 is 11.8 Å². The van der Waals surface area contributed by atoms with E-state index in [2.05, 4.69) is 5.32 Å². The number of hydrogen-bond acceptors (Lipinski definition) is 5. The van der Waals surface area contributed by atoms with Gasteiger partial charge in [0.05, 0.1) is 23.7 Å². The number of hydrogen-bond donors (Lipinski definition) is 1. The summed E-state index contributed by atoms with van der Waals surface area (Å²) in [7, 11) is 1.54. The highest BCUT2D eigenvalue weighted by Gasteiger charge is 2.34. The Bertz CT molecular complexity index is 964. The van der Waals surface area contributed by atoms with Crippen LogP contribution in [0.3, 0.4) is 0 Å². The van der Waals surface area contributed by atoms with Gasteiger partial charge in [0.2, 0.25) is 11.8 Å². The fourth-order valence-electron chi connectivity index (χ4n) is 3.51. The van der Waals surface area contributed by atoms with Crippen LogP contribution in [0.2, 0.25) is 0 Å². The van der Waals surface area contributed by atoms with Crippen molar-refractivity contribution >= 4 is 40.9 Å². The van der Waals surface area contributed by atoms with Crippen molar-refractivity contribution in [1.29, 1.82) is 0 Å². The topological polar surface area (TPSA) is 79.0 Å². The first kappa shape index (κ1) is 19.3. The normalized spacial score (nSPS) is 17.8. The molecule has 2 aliphatic heterocycles. The van der Waals surface area contributed by atoms with Gasteiger partial charge in [0.15, 0.2) is 6.10 Å². The van der Waals surface area contributed by atoms with E-state index < -0.39 is 6.10 Å². The lowest BCUT2D eigenvalue weighted by molar-refractivity contribution is -0.127. The highest BCUT2D eigenvalue weighted by molar-refractivity contribution is 8.00. The van der Waals surface area contributed by atoms with Gasteiger partial charge in [-0.1, -0.05) is 24.3 Å². The average Bonchev–Trinajstić information content (AvgIpc) is 2.76. The summed E-state index contributed by atoms with van der Waals surface area (Å²) in [4.78, 5) is 41.9. The average molecular weight is 411 g/mol. The molecular weight excluding hydrogens is 390 g/mol. The van der Waals surface area contributed by atoms with E-state index >= 15 is 0 Å². The number of rotatable bonds is 4. The van der Waals surface area contributed by atoms with Crippen molar-refractivity contribution in [3.8, 4) is 5.75 Å². The summed E-state index contributed by atoms with van der Waals surface area (Å²) in [6.45, 7) is 0.426. The van der Waals surface area contributed by atoms with Crippen LogP contribution in [0.25, 0.3) is 0 Å². The highest BCUT2D eigenvalue weighted by Crippen LogP contribution is 2.36. The number of carbonyl (C=O) groups excluding carboxylic acids is 3. The highest BCUT2D eigenvalue weighted by atomic mass is 32.2. The van der Waals surface area contributed by atoms with Crippen LogP contribution in [0.15, 0.2) is 53.4 Å². The number of benzene rings is 2. The van der Waals surface area contributed by atoms with Crippen LogP contribution < -0.4 is 19.9 Å². The first-order valence-electron chi connectivity index (χ1n) is 9.38. The summed E-state index contributed by atoms with van der Waals surface area (Å²) in [5, 5.41) is 2.57. The Kier molecular flexibility index (Phi) is 5.44. The summed E-state index contributed by atoms with van der Waals surface area (Å²) in [5.41, 5.74) is 1.48. The molecule has 0 radical (unpaired) electrons. The van der Waals surface area contributed by atoms with Crippen LogP contribution in [-0.2, 0) is 14.4 Å². The first-order valence-corrected chi connectivity index (χ1v) is 10.4. The standard InChI is InChI=1S/C21H21N3O4S/c1-22-21(27)17-12-24(14-6-2-4-8-16(14)28-17)19(25)10-11-23-15-7-3-5-9-18(15)29-13-20(23)26/h2-9,17H,10-13H2,1H3,(H,22,27). The number of fused-ring (bicyclic) bond motifs is 2. The van der Waals surface area contributed by atoms with Crippen LogP contribution in [-0.4, -0.2) is 49.7 Å². The van der Waals surface area contributed by atoms with Gasteiger partial charge in [-0.3, -0.25) is 14.4 Å². The maximum absolute atomic E-state index is 13.1. The second kappa shape index (κ2) is 8.16. The third-order valence-electron chi connectivity index (χ3n) is 4.97. The Morgan fingerprint density at radius 2 is 1.86 bits per heavy atom. The molecule has 4 rings (SSSR count). The number of anilines is 2. The van der Waals surface area contributed by atoms with E-state index in [0.717, 1.165) is 10.6 Å². The third-order valence-corrected chi connectivity index (χ3v) is 6.02. The van der Waals surface area contributed by atoms with Gasteiger partial charge in [-0.05, 0) is 24.3 Å². The number of para-hydroxylation sites is 3. The predicted octanol–water partition coefficient (Wildman–Crippen LogP) is 2.06. The lowest BCUT2D eigenvalue weighted by Gasteiger charge is -2.35. The fraction of sp³-hybridized carbons (Fsp3) is 0.286. The molecule has 0 fully saturated rings. The number of likely N-dealkylation sites (N-methyl/N-ethyl adjacent to an activating group) is 1. The van der Waals surface area contributed by atoms with E-state index in [9.17, 15) is 14.4 Å². The van der Waals surface area contributed by atoms with E-state index in [1.165, 1.54) is 18.8 Å². The summed E-state index contributed by atoms with van der Waals surface area (Å²) >= 11 is 1.51. The predicted molar refractivity (Wildman–Crippen MR) is 111 cm³/mol. The number of ether oxygens (including phenoxy) is 1. The molecule has 7 nitrogen and oxygen atoms in total. The molecule has 0 aromatic heterocycles. The fourth-order valence-corrected chi connectivity index (χ4v) is 4.45. The first-order chi connectivity index (χ1) is 14.1. The Balaban J connectivity index is 1.52. The molecule has 2 heterocycles. The van der Waals surface area contributed by atoms with Crippen molar-refractivity contribution in [2.45, 2.75) is 17.4 Å². The molecule has 1 atom stereocenters. The SMILES string of the molecule is CNC(=O)C1CN(C(=O)CCN2C(=O)CSc3ccccc32)c2ccccc2O1. The van der Waals surface area contributed by atoms with Gasteiger partial charge in [-0.2, -0.15) is 0 Å². The van der Waals surface area contributed by atoms with Gasteiger partial charge < -0.3 is 19.9 Å². The van der Waals surface area contributed by atoms with Crippen molar-refractivity contribution in [3.63, 3.8) is 0 Å². The van der Waals surface area contributed by atoms with Crippen molar-refractivity contribution in [3.05, 3.63) is 48.5 Å². The molecule has 0 bridgehead atoms. The molecule has 2 aliphatic rings. The minimum absolute atomic E-state index is 0.00730. The molecule has 0 saturated carbocycles. The van der Waals surface area contributed by atoms with E-state index in [-0.39, 0.29) is 30.7 Å².